The zero-order chi connectivity index (χ0) is 16.7. The lowest BCUT2D eigenvalue weighted by atomic mass is 10.0. The fourth-order valence-corrected chi connectivity index (χ4v) is 1.97. The predicted molar refractivity (Wildman–Crippen MR) is 85.5 cm³/mol. The van der Waals surface area contributed by atoms with Crippen molar-refractivity contribution >= 4 is 23.4 Å². The van der Waals surface area contributed by atoms with Crippen molar-refractivity contribution < 1.29 is 14.4 Å². The second kappa shape index (κ2) is 8.17. The molecule has 0 spiro atoms. The van der Waals surface area contributed by atoms with E-state index in [4.69, 9.17) is 0 Å². The van der Waals surface area contributed by atoms with Crippen molar-refractivity contribution in [2.75, 3.05) is 11.9 Å². The van der Waals surface area contributed by atoms with Gasteiger partial charge in [-0.2, -0.15) is 0 Å². The average molecular weight is 305 g/mol. The zero-order valence-corrected chi connectivity index (χ0v) is 13.4. The molecule has 0 heterocycles. The third-order valence-corrected chi connectivity index (χ3v) is 3.04. The molecule has 1 aromatic carbocycles. The normalized spacial score (nSPS) is 11.7. The molecule has 120 valence electrons. The Hall–Kier alpha value is -2.37. The number of rotatable bonds is 6. The van der Waals surface area contributed by atoms with Crippen molar-refractivity contribution in [3.63, 3.8) is 0 Å². The Morgan fingerprint density at radius 3 is 2.41 bits per heavy atom. The maximum atomic E-state index is 12.3. The standard InChI is InChI=1S/C16H23N3O3/c1-5-17-15(21)12-7-6-8-13(9-12)19-16(22)14(10(2)3)18-11(4)20/h6-10,14H,5H2,1-4H3,(H,17,21)(H,18,20)(H,19,22). The van der Waals surface area contributed by atoms with Crippen molar-refractivity contribution in [3.05, 3.63) is 29.8 Å². The lowest BCUT2D eigenvalue weighted by molar-refractivity contribution is -0.126. The Labute approximate surface area is 130 Å². The van der Waals surface area contributed by atoms with E-state index in [1.165, 1.54) is 6.92 Å². The van der Waals surface area contributed by atoms with Crippen LogP contribution in [-0.2, 0) is 9.59 Å². The molecule has 0 aliphatic rings. The Balaban J connectivity index is 2.84. The van der Waals surface area contributed by atoms with Gasteiger partial charge in [0.1, 0.15) is 6.04 Å². The van der Waals surface area contributed by atoms with Crippen LogP contribution in [0.15, 0.2) is 24.3 Å². The van der Waals surface area contributed by atoms with Crippen LogP contribution in [0.1, 0.15) is 38.1 Å². The minimum absolute atomic E-state index is 0.0459. The van der Waals surface area contributed by atoms with E-state index in [-0.39, 0.29) is 23.6 Å². The summed E-state index contributed by atoms with van der Waals surface area (Å²) in [5.41, 5.74) is 0.991. The molecule has 0 aliphatic carbocycles. The van der Waals surface area contributed by atoms with Gasteiger partial charge in [-0.1, -0.05) is 19.9 Å². The Morgan fingerprint density at radius 1 is 1.18 bits per heavy atom. The Kier molecular flexibility index (Phi) is 6.56. The highest BCUT2D eigenvalue weighted by Gasteiger charge is 2.23. The molecule has 0 fully saturated rings. The lowest BCUT2D eigenvalue weighted by Gasteiger charge is -2.21. The first-order valence-corrected chi connectivity index (χ1v) is 7.31. The summed E-state index contributed by atoms with van der Waals surface area (Å²) in [5.74, 6) is -0.806. The predicted octanol–water partition coefficient (Wildman–Crippen LogP) is 1.54. The highest BCUT2D eigenvalue weighted by molar-refractivity contribution is 5.99. The van der Waals surface area contributed by atoms with E-state index in [0.717, 1.165) is 0 Å². The lowest BCUT2D eigenvalue weighted by Crippen LogP contribution is -2.46. The van der Waals surface area contributed by atoms with Crippen LogP contribution in [0.3, 0.4) is 0 Å². The number of carbonyl (C=O) groups is 3. The van der Waals surface area contributed by atoms with E-state index in [0.29, 0.717) is 17.8 Å². The van der Waals surface area contributed by atoms with Crippen molar-refractivity contribution in [2.45, 2.75) is 33.7 Å². The molecule has 0 aromatic heterocycles. The number of anilines is 1. The van der Waals surface area contributed by atoms with Crippen molar-refractivity contribution in [3.8, 4) is 0 Å². The molecule has 3 amide bonds. The van der Waals surface area contributed by atoms with Gasteiger partial charge in [0, 0.05) is 24.7 Å². The van der Waals surface area contributed by atoms with Crippen LogP contribution in [0.2, 0.25) is 0 Å². The second-order valence-corrected chi connectivity index (χ2v) is 5.35. The van der Waals surface area contributed by atoms with Gasteiger partial charge in [0.05, 0.1) is 0 Å². The van der Waals surface area contributed by atoms with Gasteiger partial charge in [-0.15, -0.1) is 0 Å². The summed E-state index contributed by atoms with van der Waals surface area (Å²) in [6.45, 7) is 7.45. The fraction of sp³-hybridized carbons (Fsp3) is 0.438. The monoisotopic (exact) mass is 305 g/mol. The zero-order valence-electron chi connectivity index (χ0n) is 13.4. The molecule has 0 saturated carbocycles. The number of benzene rings is 1. The first kappa shape index (κ1) is 17.7. The summed E-state index contributed by atoms with van der Waals surface area (Å²) < 4.78 is 0. The van der Waals surface area contributed by atoms with Crippen LogP contribution in [-0.4, -0.2) is 30.3 Å². The quantitative estimate of drug-likeness (QED) is 0.745. The smallest absolute Gasteiger partial charge is 0.251 e. The number of hydrogen-bond acceptors (Lipinski definition) is 3. The highest BCUT2D eigenvalue weighted by atomic mass is 16.2. The van der Waals surface area contributed by atoms with E-state index in [1.54, 1.807) is 24.3 Å². The summed E-state index contributed by atoms with van der Waals surface area (Å²) >= 11 is 0. The average Bonchev–Trinajstić information content (AvgIpc) is 2.44. The first-order chi connectivity index (χ1) is 10.3. The number of nitrogens with one attached hydrogen (secondary N) is 3. The van der Waals surface area contributed by atoms with Gasteiger partial charge < -0.3 is 16.0 Å². The third-order valence-electron chi connectivity index (χ3n) is 3.04. The van der Waals surface area contributed by atoms with Crippen LogP contribution in [0.5, 0.6) is 0 Å². The van der Waals surface area contributed by atoms with Gasteiger partial charge in [0.15, 0.2) is 0 Å². The van der Waals surface area contributed by atoms with Gasteiger partial charge in [-0.25, -0.2) is 0 Å². The minimum Gasteiger partial charge on any atom is -0.352 e. The van der Waals surface area contributed by atoms with Gasteiger partial charge in [-0.05, 0) is 31.0 Å². The molecule has 3 N–H and O–H groups in total. The van der Waals surface area contributed by atoms with Crippen molar-refractivity contribution in [2.24, 2.45) is 5.92 Å². The Morgan fingerprint density at radius 2 is 1.86 bits per heavy atom. The molecule has 1 aromatic rings. The summed E-state index contributed by atoms with van der Waals surface area (Å²) in [7, 11) is 0. The van der Waals surface area contributed by atoms with Crippen LogP contribution < -0.4 is 16.0 Å². The van der Waals surface area contributed by atoms with Gasteiger partial charge in [0.25, 0.3) is 5.91 Å². The van der Waals surface area contributed by atoms with E-state index in [2.05, 4.69) is 16.0 Å². The first-order valence-electron chi connectivity index (χ1n) is 7.31. The van der Waals surface area contributed by atoms with E-state index in [1.807, 2.05) is 20.8 Å². The van der Waals surface area contributed by atoms with Crippen LogP contribution in [0.4, 0.5) is 5.69 Å². The topological polar surface area (TPSA) is 87.3 Å². The third kappa shape index (κ3) is 5.20. The van der Waals surface area contributed by atoms with Crippen LogP contribution in [0, 0.1) is 5.92 Å². The molecule has 0 radical (unpaired) electrons. The summed E-state index contributed by atoms with van der Waals surface area (Å²) in [5, 5.41) is 8.06. The summed E-state index contributed by atoms with van der Waals surface area (Å²) in [4.78, 5) is 35.2. The molecular weight excluding hydrogens is 282 g/mol. The van der Waals surface area contributed by atoms with E-state index >= 15 is 0 Å². The molecule has 1 atom stereocenters. The molecular formula is C16H23N3O3. The van der Waals surface area contributed by atoms with Crippen molar-refractivity contribution in [1.82, 2.24) is 10.6 Å². The number of carbonyl (C=O) groups excluding carboxylic acids is 3. The molecule has 6 nitrogen and oxygen atoms in total. The maximum Gasteiger partial charge on any atom is 0.251 e. The molecule has 1 unspecified atom stereocenters. The van der Waals surface area contributed by atoms with E-state index < -0.39 is 6.04 Å². The van der Waals surface area contributed by atoms with Gasteiger partial charge >= 0.3 is 0 Å². The van der Waals surface area contributed by atoms with Gasteiger partial charge in [-0.3, -0.25) is 14.4 Å². The van der Waals surface area contributed by atoms with Gasteiger partial charge in [0.2, 0.25) is 11.8 Å². The summed E-state index contributed by atoms with van der Waals surface area (Å²) in [6, 6.07) is 6.06. The molecule has 1 rings (SSSR count). The number of hydrogen-bond donors (Lipinski definition) is 3. The molecule has 22 heavy (non-hydrogen) atoms. The van der Waals surface area contributed by atoms with Crippen LogP contribution >= 0.6 is 0 Å². The molecule has 0 bridgehead atoms. The summed E-state index contributed by atoms with van der Waals surface area (Å²) in [6.07, 6.45) is 0. The van der Waals surface area contributed by atoms with Crippen molar-refractivity contribution in [1.29, 1.82) is 0 Å². The minimum atomic E-state index is -0.620. The maximum absolute atomic E-state index is 12.3. The van der Waals surface area contributed by atoms with Crippen LogP contribution in [0.25, 0.3) is 0 Å². The second-order valence-electron chi connectivity index (χ2n) is 5.35. The molecule has 6 heteroatoms. The highest BCUT2D eigenvalue weighted by Crippen LogP contribution is 2.12. The largest absolute Gasteiger partial charge is 0.352 e. The van der Waals surface area contributed by atoms with E-state index in [9.17, 15) is 14.4 Å². The molecule has 0 aliphatic heterocycles. The molecule has 0 saturated heterocycles. The number of amides is 3. The Bertz CT molecular complexity index is 555. The fourth-order valence-electron chi connectivity index (χ4n) is 1.97. The SMILES string of the molecule is CCNC(=O)c1cccc(NC(=O)C(NC(C)=O)C(C)C)c1.